The summed E-state index contributed by atoms with van der Waals surface area (Å²) in [4.78, 5) is 20.0. The largest absolute Gasteiger partial charge is 0.333 e. The molecule has 7 heteroatoms. The third kappa shape index (κ3) is 4.02. The van der Waals surface area contributed by atoms with Gasteiger partial charge in [0.15, 0.2) is 9.84 Å². The van der Waals surface area contributed by atoms with Gasteiger partial charge in [-0.25, -0.2) is 13.4 Å². The molecule has 0 radical (unpaired) electrons. The molecule has 1 saturated heterocycles. The molecule has 1 aliphatic heterocycles. The Morgan fingerprint density at radius 2 is 2.04 bits per heavy atom. The molecule has 0 saturated carbocycles. The van der Waals surface area contributed by atoms with Gasteiger partial charge in [-0.15, -0.1) is 11.3 Å². The Bertz CT molecular complexity index is 815. The van der Waals surface area contributed by atoms with Crippen molar-refractivity contribution in [3.05, 3.63) is 52.0 Å². The summed E-state index contributed by atoms with van der Waals surface area (Å²) in [5, 5.41) is 0. The molecule has 2 aromatic rings. The van der Waals surface area contributed by atoms with Crippen LogP contribution >= 0.6 is 11.3 Å². The number of carbonyl (C=O) groups excluding carboxylic acids is 1. The van der Waals surface area contributed by atoms with Crippen molar-refractivity contribution in [2.24, 2.45) is 5.92 Å². The van der Waals surface area contributed by atoms with E-state index in [9.17, 15) is 13.2 Å². The molecule has 0 spiro atoms. The molecule has 2 heterocycles. The molecule has 128 valence electrons. The lowest BCUT2D eigenvalue weighted by atomic mass is 10.1. The van der Waals surface area contributed by atoms with Gasteiger partial charge in [0, 0.05) is 11.4 Å². The van der Waals surface area contributed by atoms with E-state index in [2.05, 4.69) is 4.98 Å². The van der Waals surface area contributed by atoms with E-state index in [1.54, 1.807) is 10.4 Å². The number of rotatable bonds is 5. The second-order valence-corrected chi connectivity index (χ2v) is 9.31. The van der Waals surface area contributed by atoms with E-state index >= 15 is 0 Å². The third-order valence-corrected chi connectivity index (χ3v) is 6.98. The molecule has 0 aliphatic carbocycles. The molecule has 1 aromatic carbocycles. The molecule has 0 N–H and O–H groups in total. The number of nitrogens with zero attached hydrogens (tertiary/aromatic N) is 2. The van der Waals surface area contributed by atoms with E-state index in [1.807, 2.05) is 37.3 Å². The van der Waals surface area contributed by atoms with Crippen LogP contribution in [0.4, 0.5) is 0 Å². The van der Waals surface area contributed by atoms with Gasteiger partial charge in [-0.05, 0) is 18.9 Å². The normalized spacial score (nSPS) is 19.3. The van der Waals surface area contributed by atoms with Crippen LogP contribution in [-0.2, 0) is 27.7 Å². The first-order valence-electron chi connectivity index (χ1n) is 7.87. The molecule has 24 heavy (non-hydrogen) atoms. The molecule has 1 amide bonds. The maximum absolute atomic E-state index is 12.9. The molecule has 0 bridgehead atoms. The van der Waals surface area contributed by atoms with Crippen LogP contribution in [0.25, 0.3) is 0 Å². The maximum atomic E-state index is 12.9. The Morgan fingerprint density at radius 1 is 1.29 bits per heavy atom. The Labute approximate surface area is 146 Å². The summed E-state index contributed by atoms with van der Waals surface area (Å²) in [6, 6.07) is 9.77. The van der Waals surface area contributed by atoms with Gasteiger partial charge < -0.3 is 4.90 Å². The van der Waals surface area contributed by atoms with Crippen molar-refractivity contribution in [2.45, 2.75) is 26.4 Å². The topological polar surface area (TPSA) is 67.3 Å². The summed E-state index contributed by atoms with van der Waals surface area (Å²) < 4.78 is 23.4. The van der Waals surface area contributed by atoms with Crippen LogP contribution in [0.15, 0.2) is 35.8 Å². The summed E-state index contributed by atoms with van der Waals surface area (Å²) in [5.74, 6) is -0.416. The molecule has 1 aromatic heterocycles. The maximum Gasteiger partial charge on any atom is 0.227 e. The van der Waals surface area contributed by atoms with E-state index in [-0.39, 0.29) is 17.4 Å². The SMILES string of the molecule is Cc1ncsc1CN(Cc1ccccc1)C(=O)[C@H]1CCS(=O)(=O)C1. The Hall–Kier alpha value is -1.73. The van der Waals surface area contributed by atoms with Gasteiger partial charge in [0.05, 0.1) is 35.2 Å². The molecular weight excluding hydrogens is 344 g/mol. The number of hydrogen-bond acceptors (Lipinski definition) is 5. The van der Waals surface area contributed by atoms with E-state index in [4.69, 9.17) is 0 Å². The Morgan fingerprint density at radius 3 is 2.62 bits per heavy atom. The molecule has 1 aliphatic rings. The highest BCUT2D eigenvalue weighted by molar-refractivity contribution is 7.91. The van der Waals surface area contributed by atoms with Crippen molar-refractivity contribution in [3.8, 4) is 0 Å². The van der Waals surface area contributed by atoms with Gasteiger partial charge in [-0.2, -0.15) is 0 Å². The van der Waals surface area contributed by atoms with E-state index in [1.165, 1.54) is 11.3 Å². The fourth-order valence-electron chi connectivity index (χ4n) is 2.91. The summed E-state index contributed by atoms with van der Waals surface area (Å²) in [7, 11) is -3.07. The first-order valence-corrected chi connectivity index (χ1v) is 10.6. The predicted molar refractivity (Wildman–Crippen MR) is 94.3 cm³/mol. The third-order valence-electron chi connectivity index (χ3n) is 4.29. The first-order chi connectivity index (χ1) is 11.4. The van der Waals surface area contributed by atoms with Crippen LogP contribution in [0.1, 0.15) is 22.6 Å². The van der Waals surface area contributed by atoms with Gasteiger partial charge >= 0.3 is 0 Å². The predicted octanol–water partition coefficient (Wildman–Crippen LogP) is 2.42. The zero-order chi connectivity index (χ0) is 17.2. The Kier molecular flexibility index (Phi) is 5.01. The molecule has 5 nitrogen and oxygen atoms in total. The lowest BCUT2D eigenvalue weighted by Crippen LogP contribution is -2.35. The highest BCUT2D eigenvalue weighted by atomic mass is 32.2. The zero-order valence-corrected chi connectivity index (χ0v) is 15.1. The van der Waals surface area contributed by atoms with Gasteiger partial charge in [-0.3, -0.25) is 4.79 Å². The van der Waals surface area contributed by atoms with E-state index in [0.29, 0.717) is 19.5 Å². The number of aryl methyl sites for hydroxylation is 1. The molecule has 0 unspecified atom stereocenters. The molecule has 3 rings (SSSR count). The van der Waals surface area contributed by atoms with Crippen LogP contribution in [0.5, 0.6) is 0 Å². The smallest absolute Gasteiger partial charge is 0.227 e. The second kappa shape index (κ2) is 7.03. The van der Waals surface area contributed by atoms with E-state index in [0.717, 1.165) is 16.1 Å². The minimum absolute atomic E-state index is 0.0290. The molecule has 1 fully saturated rings. The van der Waals surface area contributed by atoms with Gasteiger partial charge in [0.25, 0.3) is 0 Å². The van der Waals surface area contributed by atoms with Crippen molar-refractivity contribution in [1.82, 2.24) is 9.88 Å². The van der Waals surface area contributed by atoms with Crippen molar-refractivity contribution < 1.29 is 13.2 Å². The van der Waals surface area contributed by atoms with Crippen LogP contribution in [-0.4, -0.2) is 35.7 Å². The first kappa shape index (κ1) is 17.1. The molecule has 1 atom stereocenters. The number of aromatic nitrogens is 1. The van der Waals surface area contributed by atoms with Crippen molar-refractivity contribution in [1.29, 1.82) is 0 Å². The van der Waals surface area contributed by atoms with Crippen molar-refractivity contribution in [3.63, 3.8) is 0 Å². The summed E-state index contributed by atoms with van der Waals surface area (Å²) >= 11 is 1.52. The molecular formula is C17H20N2O3S2. The minimum atomic E-state index is -3.07. The number of sulfone groups is 1. The number of benzene rings is 1. The highest BCUT2D eigenvalue weighted by Crippen LogP contribution is 2.24. The zero-order valence-electron chi connectivity index (χ0n) is 13.5. The standard InChI is InChI=1S/C17H20N2O3S2/c1-13-16(23-12-18-13)10-19(9-14-5-3-2-4-6-14)17(20)15-7-8-24(21,22)11-15/h2-6,12,15H,7-11H2,1H3/t15-/m0/s1. The van der Waals surface area contributed by atoms with Crippen LogP contribution in [0.3, 0.4) is 0 Å². The van der Waals surface area contributed by atoms with Crippen molar-refractivity contribution >= 4 is 27.1 Å². The summed E-state index contributed by atoms with van der Waals surface area (Å²) in [6.07, 6.45) is 0.425. The monoisotopic (exact) mass is 364 g/mol. The fourth-order valence-corrected chi connectivity index (χ4v) is 5.44. The van der Waals surface area contributed by atoms with Crippen LogP contribution < -0.4 is 0 Å². The summed E-state index contributed by atoms with van der Waals surface area (Å²) in [6.45, 7) is 2.88. The van der Waals surface area contributed by atoms with Gasteiger partial charge in [0.2, 0.25) is 5.91 Å². The number of amides is 1. The summed E-state index contributed by atoms with van der Waals surface area (Å²) in [5.41, 5.74) is 3.73. The van der Waals surface area contributed by atoms with E-state index < -0.39 is 15.8 Å². The van der Waals surface area contributed by atoms with Crippen LogP contribution in [0, 0.1) is 12.8 Å². The number of hydrogen-bond donors (Lipinski definition) is 0. The number of thiazole rings is 1. The number of carbonyl (C=O) groups is 1. The van der Waals surface area contributed by atoms with Gasteiger partial charge in [-0.1, -0.05) is 30.3 Å². The second-order valence-electron chi connectivity index (χ2n) is 6.14. The quantitative estimate of drug-likeness (QED) is 0.817. The highest BCUT2D eigenvalue weighted by Gasteiger charge is 2.35. The average Bonchev–Trinajstić information content (AvgIpc) is 3.12. The fraction of sp³-hybridized carbons (Fsp3) is 0.412. The lowest BCUT2D eigenvalue weighted by molar-refractivity contribution is -0.136. The Balaban J connectivity index is 1.81. The van der Waals surface area contributed by atoms with Crippen molar-refractivity contribution in [2.75, 3.05) is 11.5 Å². The minimum Gasteiger partial charge on any atom is -0.333 e. The lowest BCUT2D eigenvalue weighted by Gasteiger charge is -2.25. The van der Waals surface area contributed by atoms with Crippen LogP contribution in [0.2, 0.25) is 0 Å². The van der Waals surface area contributed by atoms with Gasteiger partial charge in [0.1, 0.15) is 0 Å². The average molecular weight is 364 g/mol.